The molecule has 0 radical (unpaired) electrons. The van der Waals surface area contributed by atoms with Crippen molar-refractivity contribution in [3.8, 4) is 5.75 Å². The first-order chi connectivity index (χ1) is 9.70. The van der Waals surface area contributed by atoms with Crippen LogP contribution in [0.5, 0.6) is 5.75 Å². The molecule has 0 atom stereocenters. The number of carbonyl (C=O) groups is 2. The molecule has 0 unspecified atom stereocenters. The molecule has 0 bridgehead atoms. The van der Waals surface area contributed by atoms with E-state index in [2.05, 4.69) is 22.9 Å². The number of halogens is 1. The van der Waals surface area contributed by atoms with Crippen molar-refractivity contribution >= 4 is 29.9 Å². The quantitative estimate of drug-likeness (QED) is 0.689. The first-order valence-corrected chi connectivity index (χ1v) is 6.76. The van der Waals surface area contributed by atoms with Crippen molar-refractivity contribution < 1.29 is 14.3 Å². The molecule has 0 saturated carbocycles. The minimum Gasteiger partial charge on any atom is -0.482 e. The van der Waals surface area contributed by atoms with Crippen LogP contribution in [0, 0.1) is 0 Å². The van der Waals surface area contributed by atoms with Gasteiger partial charge in [0.25, 0.3) is 11.8 Å². The van der Waals surface area contributed by atoms with Crippen molar-refractivity contribution in [1.82, 2.24) is 10.6 Å². The molecule has 0 aromatic heterocycles. The second kappa shape index (κ2) is 8.49. The molecule has 116 valence electrons. The monoisotopic (exact) mass is 313 g/mol. The highest BCUT2D eigenvalue weighted by atomic mass is 35.5. The Kier molecular flexibility index (Phi) is 6.98. The average Bonchev–Trinajstić information content (AvgIpc) is 2.46. The second-order valence-electron chi connectivity index (χ2n) is 4.55. The third-order valence-electron chi connectivity index (χ3n) is 2.89. The molecule has 1 aromatic rings. The molecule has 0 spiro atoms. The maximum absolute atomic E-state index is 12.0. The third-order valence-corrected chi connectivity index (χ3v) is 2.89. The molecule has 3 N–H and O–H groups in total. The van der Waals surface area contributed by atoms with Crippen molar-refractivity contribution in [3.05, 3.63) is 23.8 Å². The zero-order valence-electron chi connectivity index (χ0n) is 11.9. The van der Waals surface area contributed by atoms with Gasteiger partial charge < -0.3 is 20.7 Å². The van der Waals surface area contributed by atoms with E-state index in [4.69, 9.17) is 4.74 Å². The fourth-order valence-electron chi connectivity index (χ4n) is 1.89. The molecule has 0 fully saturated rings. The van der Waals surface area contributed by atoms with Gasteiger partial charge >= 0.3 is 0 Å². The van der Waals surface area contributed by atoms with E-state index in [-0.39, 0.29) is 30.8 Å². The van der Waals surface area contributed by atoms with Gasteiger partial charge in [0.2, 0.25) is 0 Å². The van der Waals surface area contributed by atoms with Crippen LogP contribution in [0.2, 0.25) is 0 Å². The lowest BCUT2D eigenvalue weighted by atomic mass is 10.1. The van der Waals surface area contributed by atoms with Gasteiger partial charge in [-0.15, -0.1) is 12.4 Å². The molecular weight excluding hydrogens is 294 g/mol. The Labute approximate surface area is 130 Å². The zero-order chi connectivity index (χ0) is 14.4. The highest BCUT2D eigenvalue weighted by Crippen LogP contribution is 2.28. The first kappa shape index (κ1) is 17.3. The van der Waals surface area contributed by atoms with Crippen molar-refractivity contribution in [2.24, 2.45) is 0 Å². The number of ether oxygens (including phenoxy) is 1. The predicted octanol–water partition coefficient (Wildman–Crippen LogP) is 1.17. The smallest absolute Gasteiger partial charge is 0.262 e. The molecule has 2 rings (SSSR count). The maximum Gasteiger partial charge on any atom is 0.262 e. The molecule has 0 saturated heterocycles. The van der Waals surface area contributed by atoms with Gasteiger partial charge in [-0.25, -0.2) is 0 Å². The molecule has 2 amide bonds. The number of anilines is 1. The summed E-state index contributed by atoms with van der Waals surface area (Å²) >= 11 is 0. The Hall–Kier alpha value is -1.79. The predicted molar refractivity (Wildman–Crippen MR) is 83.3 cm³/mol. The average molecular weight is 314 g/mol. The SMILES string of the molecule is CCCNCCNC(=O)c1ccc2c(c1)NC(=O)CO2.Cl. The topological polar surface area (TPSA) is 79.5 Å². The van der Waals surface area contributed by atoms with Crippen LogP contribution in [0.1, 0.15) is 23.7 Å². The first-order valence-electron chi connectivity index (χ1n) is 6.76. The van der Waals surface area contributed by atoms with Gasteiger partial charge in [0.05, 0.1) is 5.69 Å². The highest BCUT2D eigenvalue weighted by molar-refractivity contribution is 5.99. The molecule has 1 heterocycles. The van der Waals surface area contributed by atoms with Crippen LogP contribution in [0.3, 0.4) is 0 Å². The van der Waals surface area contributed by atoms with Gasteiger partial charge in [-0.3, -0.25) is 9.59 Å². The highest BCUT2D eigenvalue weighted by Gasteiger charge is 2.17. The van der Waals surface area contributed by atoms with Gasteiger partial charge in [0.1, 0.15) is 5.75 Å². The summed E-state index contributed by atoms with van der Waals surface area (Å²) < 4.78 is 5.24. The van der Waals surface area contributed by atoms with E-state index >= 15 is 0 Å². The number of nitrogens with one attached hydrogen (secondary N) is 3. The number of amides is 2. The van der Waals surface area contributed by atoms with Crippen molar-refractivity contribution in [2.75, 3.05) is 31.6 Å². The summed E-state index contributed by atoms with van der Waals surface area (Å²) in [6.45, 7) is 4.36. The Morgan fingerprint density at radius 2 is 2.14 bits per heavy atom. The molecule has 21 heavy (non-hydrogen) atoms. The summed E-state index contributed by atoms with van der Waals surface area (Å²) in [4.78, 5) is 23.2. The van der Waals surface area contributed by atoms with Crippen LogP contribution in [0.15, 0.2) is 18.2 Å². The van der Waals surface area contributed by atoms with Gasteiger partial charge in [-0.1, -0.05) is 6.92 Å². The summed E-state index contributed by atoms with van der Waals surface area (Å²) in [6, 6.07) is 5.01. The van der Waals surface area contributed by atoms with E-state index in [9.17, 15) is 9.59 Å². The number of benzene rings is 1. The lowest BCUT2D eigenvalue weighted by Crippen LogP contribution is -2.32. The van der Waals surface area contributed by atoms with Crippen LogP contribution in [0.4, 0.5) is 5.69 Å². The Balaban J connectivity index is 0.00000220. The summed E-state index contributed by atoms with van der Waals surface area (Å²) in [5, 5.41) is 8.71. The second-order valence-corrected chi connectivity index (χ2v) is 4.55. The van der Waals surface area contributed by atoms with Crippen LogP contribution in [0.25, 0.3) is 0 Å². The van der Waals surface area contributed by atoms with Crippen LogP contribution < -0.4 is 20.7 Å². The van der Waals surface area contributed by atoms with Crippen molar-refractivity contribution in [2.45, 2.75) is 13.3 Å². The van der Waals surface area contributed by atoms with Gasteiger partial charge in [0, 0.05) is 18.7 Å². The summed E-state index contributed by atoms with van der Waals surface area (Å²) in [5.41, 5.74) is 1.04. The molecule has 7 heteroatoms. The van der Waals surface area contributed by atoms with E-state index in [1.807, 2.05) is 0 Å². The number of carbonyl (C=O) groups excluding carboxylic acids is 2. The molecule has 6 nitrogen and oxygen atoms in total. The van der Waals surface area contributed by atoms with E-state index in [1.54, 1.807) is 18.2 Å². The molecular formula is C14H20ClN3O3. The van der Waals surface area contributed by atoms with Crippen molar-refractivity contribution in [1.29, 1.82) is 0 Å². The van der Waals surface area contributed by atoms with Crippen LogP contribution in [-0.4, -0.2) is 38.1 Å². The van der Waals surface area contributed by atoms with Gasteiger partial charge in [-0.2, -0.15) is 0 Å². The maximum atomic E-state index is 12.0. The van der Waals surface area contributed by atoms with E-state index < -0.39 is 0 Å². The number of hydrogen-bond donors (Lipinski definition) is 3. The zero-order valence-corrected chi connectivity index (χ0v) is 12.7. The number of fused-ring (bicyclic) bond motifs is 1. The molecule has 1 aliphatic rings. The fraction of sp³-hybridized carbons (Fsp3) is 0.429. The lowest BCUT2D eigenvalue weighted by molar-refractivity contribution is -0.118. The minimum absolute atomic E-state index is 0. The van der Waals surface area contributed by atoms with E-state index in [0.29, 0.717) is 23.5 Å². The molecule has 1 aromatic carbocycles. The van der Waals surface area contributed by atoms with Crippen LogP contribution in [-0.2, 0) is 4.79 Å². The molecule has 0 aliphatic carbocycles. The van der Waals surface area contributed by atoms with Gasteiger partial charge in [0.15, 0.2) is 6.61 Å². The van der Waals surface area contributed by atoms with Gasteiger partial charge in [-0.05, 0) is 31.2 Å². The lowest BCUT2D eigenvalue weighted by Gasteiger charge is -2.18. The Morgan fingerprint density at radius 3 is 2.90 bits per heavy atom. The van der Waals surface area contributed by atoms with Crippen LogP contribution >= 0.6 is 12.4 Å². The van der Waals surface area contributed by atoms with Crippen molar-refractivity contribution in [3.63, 3.8) is 0 Å². The minimum atomic E-state index is -0.209. The molecule has 1 aliphatic heterocycles. The summed E-state index contributed by atoms with van der Waals surface area (Å²) in [7, 11) is 0. The van der Waals surface area contributed by atoms with E-state index in [1.165, 1.54) is 0 Å². The number of rotatable bonds is 6. The Bertz CT molecular complexity index is 508. The standard InChI is InChI=1S/C14H19N3O3.ClH/c1-2-5-15-6-7-16-14(19)10-3-4-12-11(8-10)17-13(18)9-20-12;/h3-4,8,15H,2,5-7,9H2,1H3,(H,16,19)(H,17,18);1H. The normalized spacial score (nSPS) is 12.5. The fourth-order valence-corrected chi connectivity index (χ4v) is 1.89. The number of hydrogen-bond acceptors (Lipinski definition) is 4. The summed E-state index contributed by atoms with van der Waals surface area (Å²) in [6.07, 6.45) is 1.07. The third kappa shape index (κ3) is 4.91. The summed E-state index contributed by atoms with van der Waals surface area (Å²) in [5.74, 6) is 0.218. The van der Waals surface area contributed by atoms with E-state index in [0.717, 1.165) is 19.5 Å². The largest absolute Gasteiger partial charge is 0.482 e. The Morgan fingerprint density at radius 1 is 1.33 bits per heavy atom.